The van der Waals surface area contributed by atoms with E-state index in [9.17, 15) is 9.59 Å². The van der Waals surface area contributed by atoms with Gasteiger partial charge in [0, 0.05) is 30.5 Å². The zero-order valence-corrected chi connectivity index (χ0v) is 12.0. The zero-order valence-electron chi connectivity index (χ0n) is 12.0. The van der Waals surface area contributed by atoms with Crippen molar-refractivity contribution in [2.24, 2.45) is 0 Å². The predicted molar refractivity (Wildman–Crippen MR) is 77.2 cm³/mol. The van der Waals surface area contributed by atoms with Crippen LogP contribution in [0.3, 0.4) is 0 Å². The van der Waals surface area contributed by atoms with E-state index in [-0.39, 0.29) is 18.7 Å². The summed E-state index contributed by atoms with van der Waals surface area (Å²) < 4.78 is 12.0. The third-order valence-electron chi connectivity index (χ3n) is 3.23. The summed E-state index contributed by atoms with van der Waals surface area (Å²) in [6.07, 6.45) is 2.13. The van der Waals surface area contributed by atoms with E-state index in [0.717, 1.165) is 5.39 Å². The monoisotopic (exact) mass is 291 g/mol. The number of carboxylic acids is 1. The van der Waals surface area contributed by atoms with Gasteiger partial charge in [0.1, 0.15) is 11.5 Å². The van der Waals surface area contributed by atoms with E-state index in [1.165, 1.54) is 11.7 Å². The third-order valence-corrected chi connectivity index (χ3v) is 3.23. The Morgan fingerprint density at radius 3 is 2.57 bits per heavy atom. The maximum absolute atomic E-state index is 12.2. The molecule has 112 valence electrons. The number of aromatic nitrogens is 1. The van der Waals surface area contributed by atoms with E-state index in [1.54, 1.807) is 25.4 Å². The minimum Gasteiger partial charge on any atom is -0.497 e. The van der Waals surface area contributed by atoms with Gasteiger partial charge in [-0.05, 0) is 18.6 Å². The molecule has 0 aliphatic carbocycles. The molecule has 0 aliphatic rings. The highest BCUT2D eigenvalue weighted by Crippen LogP contribution is 2.32. The van der Waals surface area contributed by atoms with Crippen LogP contribution in [0, 0.1) is 0 Å². The van der Waals surface area contributed by atoms with Crippen LogP contribution < -0.4 is 9.47 Å². The number of hydrogen-bond acceptors (Lipinski definition) is 4. The smallest absolute Gasteiger partial charge is 0.303 e. The number of rotatable bonds is 6. The molecule has 6 nitrogen and oxygen atoms in total. The summed E-state index contributed by atoms with van der Waals surface area (Å²) in [5, 5.41) is 9.45. The second-order valence-corrected chi connectivity index (χ2v) is 4.59. The van der Waals surface area contributed by atoms with Gasteiger partial charge in [0.2, 0.25) is 5.91 Å². The summed E-state index contributed by atoms with van der Waals surface area (Å²) in [7, 11) is 3.09. The minimum absolute atomic E-state index is 0.0180. The van der Waals surface area contributed by atoms with Gasteiger partial charge < -0.3 is 14.6 Å². The van der Waals surface area contributed by atoms with Crippen molar-refractivity contribution in [3.05, 3.63) is 24.4 Å². The highest BCUT2D eigenvalue weighted by atomic mass is 16.5. The second kappa shape index (κ2) is 6.30. The van der Waals surface area contributed by atoms with E-state index < -0.39 is 5.97 Å². The average molecular weight is 291 g/mol. The summed E-state index contributed by atoms with van der Waals surface area (Å²) in [5.41, 5.74) is 0.665. The lowest BCUT2D eigenvalue weighted by molar-refractivity contribution is -0.137. The van der Waals surface area contributed by atoms with Crippen LogP contribution in [0.2, 0.25) is 0 Å². The summed E-state index contributed by atoms with van der Waals surface area (Å²) in [4.78, 5) is 22.7. The number of carboxylic acid groups (broad SMARTS) is 1. The van der Waals surface area contributed by atoms with E-state index in [4.69, 9.17) is 14.6 Å². The van der Waals surface area contributed by atoms with Crippen molar-refractivity contribution in [2.75, 3.05) is 14.2 Å². The first kappa shape index (κ1) is 14.9. The molecule has 1 heterocycles. The Hall–Kier alpha value is -2.50. The van der Waals surface area contributed by atoms with Crippen molar-refractivity contribution in [3.63, 3.8) is 0 Å². The van der Waals surface area contributed by atoms with Crippen LogP contribution in [-0.2, 0) is 4.79 Å². The van der Waals surface area contributed by atoms with Crippen molar-refractivity contribution in [2.45, 2.75) is 19.3 Å². The molecule has 21 heavy (non-hydrogen) atoms. The largest absolute Gasteiger partial charge is 0.497 e. The van der Waals surface area contributed by atoms with Gasteiger partial charge in [0.25, 0.3) is 0 Å². The third kappa shape index (κ3) is 3.16. The normalized spacial score (nSPS) is 10.6. The van der Waals surface area contributed by atoms with Gasteiger partial charge in [-0.3, -0.25) is 14.2 Å². The molecule has 2 rings (SSSR count). The number of fused-ring (bicyclic) bond motifs is 1. The summed E-state index contributed by atoms with van der Waals surface area (Å²) >= 11 is 0. The molecule has 0 aliphatic heterocycles. The Balaban J connectivity index is 2.32. The number of ether oxygens (including phenoxy) is 2. The highest BCUT2D eigenvalue weighted by Gasteiger charge is 2.15. The lowest BCUT2D eigenvalue weighted by Crippen LogP contribution is -2.10. The first-order chi connectivity index (χ1) is 10.1. The molecule has 0 radical (unpaired) electrons. The Kier molecular flexibility index (Phi) is 4.47. The van der Waals surface area contributed by atoms with Gasteiger partial charge in [-0.25, -0.2) is 0 Å². The lowest BCUT2D eigenvalue weighted by Gasteiger charge is -2.09. The van der Waals surface area contributed by atoms with Crippen molar-refractivity contribution in [1.29, 1.82) is 0 Å². The number of hydrogen-bond donors (Lipinski definition) is 1. The number of methoxy groups -OCH3 is 2. The molecular weight excluding hydrogens is 274 g/mol. The molecule has 1 aromatic carbocycles. The summed E-state index contributed by atoms with van der Waals surface area (Å²) in [6.45, 7) is 0. The molecule has 0 amide bonds. The van der Waals surface area contributed by atoms with E-state index in [0.29, 0.717) is 23.4 Å². The molecule has 0 atom stereocenters. The van der Waals surface area contributed by atoms with Crippen LogP contribution in [0.15, 0.2) is 24.4 Å². The van der Waals surface area contributed by atoms with Gasteiger partial charge in [-0.2, -0.15) is 0 Å². The van der Waals surface area contributed by atoms with Crippen LogP contribution in [-0.4, -0.2) is 35.8 Å². The molecule has 0 fully saturated rings. The first-order valence-corrected chi connectivity index (χ1v) is 6.55. The van der Waals surface area contributed by atoms with E-state index in [1.807, 2.05) is 6.07 Å². The number of carbonyl (C=O) groups excluding carboxylic acids is 1. The van der Waals surface area contributed by atoms with Gasteiger partial charge >= 0.3 is 5.97 Å². The molecule has 2 aromatic rings. The number of benzene rings is 1. The molecular formula is C15H17NO5. The van der Waals surface area contributed by atoms with E-state index >= 15 is 0 Å². The quantitative estimate of drug-likeness (QED) is 0.885. The Morgan fingerprint density at radius 2 is 1.95 bits per heavy atom. The van der Waals surface area contributed by atoms with Gasteiger partial charge in [-0.15, -0.1) is 0 Å². The molecule has 6 heteroatoms. The van der Waals surface area contributed by atoms with Gasteiger partial charge in [0.15, 0.2) is 0 Å². The number of nitrogens with zero attached hydrogens (tertiary/aromatic N) is 1. The second-order valence-electron chi connectivity index (χ2n) is 4.59. The number of carbonyl (C=O) groups is 2. The fraction of sp³-hybridized carbons (Fsp3) is 0.333. The van der Waals surface area contributed by atoms with Gasteiger partial charge in [-0.1, -0.05) is 0 Å². The predicted octanol–water partition coefficient (Wildman–Crippen LogP) is 2.55. The summed E-state index contributed by atoms with van der Waals surface area (Å²) in [6, 6.07) is 5.33. The highest BCUT2D eigenvalue weighted by molar-refractivity contribution is 5.96. The zero-order chi connectivity index (χ0) is 15.4. The first-order valence-electron chi connectivity index (χ1n) is 6.55. The molecule has 0 saturated carbocycles. The van der Waals surface area contributed by atoms with Crippen molar-refractivity contribution in [1.82, 2.24) is 4.57 Å². The molecule has 1 aromatic heterocycles. The standard InChI is InChI=1S/C15H17NO5/c1-20-11-8-10-6-7-16(15(10)12(9-11)21-2)13(17)4-3-5-14(18)19/h6-9H,3-5H2,1-2H3,(H,18,19). The van der Waals surface area contributed by atoms with E-state index in [2.05, 4.69) is 0 Å². The number of aliphatic carboxylic acids is 1. The maximum atomic E-state index is 12.2. The SMILES string of the molecule is COc1cc(OC)c2c(ccn2C(=O)CCCC(=O)O)c1. The molecule has 0 spiro atoms. The Labute approximate surface area is 121 Å². The molecule has 0 saturated heterocycles. The van der Waals surface area contributed by atoms with Crippen LogP contribution in [0.25, 0.3) is 10.9 Å². The van der Waals surface area contributed by atoms with Crippen LogP contribution in [0.5, 0.6) is 11.5 Å². The van der Waals surface area contributed by atoms with Crippen molar-refractivity contribution < 1.29 is 24.2 Å². The molecule has 0 bridgehead atoms. The van der Waals surface area contributed by atoms with Crippen molar-refractivity contribution in [3.8, 4) is 11.5 Å². The Morgan fingerprint density at radius 1 is 1.19 bits per heavy atom. The van der Waals surface area contributed by atoms with Gasteiger partial charge in [0.05, 0.1) is 19.7 Å². The van der Waals surface area contributed by atoms with Crippen LogP contribution in [0.4, 0.5) is 0 Å². The minimum atomic E-state index is -0.900. The molecule has 1 N–H and O–H groups in total. The Bertz CT molecular complexity index is 674. The van der Waals surface area contributed by atoms with Crippen LogP contribution in [0.1, 0.15) is 24.1 Å². The lowest BCUT2D eigenvalue weighted by atomic mass is 10.2. The van der Waals surface area contributed by atoms with Crippen LogP contribution >= 0.6 is 0 Å². The summed E-state index contributed by atoms with van der Waals surface area (Å²) in [5.74, 6) is 0.133. The van der Waals surface area contributed by atoms with Crippen molar-refractivity contribution >= 4 is 22.8 Å². The maximum Gasteiger partial charge on any atom is 0.303 e. The fourth-order valence-corrected chi connectivity index (χ4v) is 2.21. The fourth-order valence-electron chi connectivity index (χ4n) is 2.21. The molecule has 0 unspecified atom stereocenters. The topological polar surface area (TPSA) is 77.8 Å². The average Bonchev–Trinajstić information content (AvgIpc) is 2.89.